The van der Waals surface area contributed by atoms with Crippen molar-refractivity contribution in [3.63, 3.8) is 0 Å². The number of ether oxygens (including phenoxy) is 3. The molecule has 104 valence electrons. The lowest BCUT2D eigenvalue weighted by Crippen LogP contribution is -2.26. The van der Waals surface area contributed by atoms with Crippen molar-refractivity contribution in [2.75, 3.05) is 12.5 Å². The number of benzene rings is 1. The van der Waals surface area contributed by atoms with E-state index in [4.69, 9.17) is 25.8 Å². The van der Waals surface area contributed by atoms with E-state index in [0.29, 0.717) is 12.3 Å². The van der Waals surface area contributed by atoms with E-state index in [1.165, 1.54) is 0 Å². The minimum atomic E-state index is -0.621. The third-order valence-corrected chi connectivity index (χ3v) is 3.08. The lowest BCUT2D eigenvalue weighted by atomic mass is 10.2. The molecule has 1 saturated heterocycles. The fraction of sp³-hybridized carbons (Fsp3) is 0.500. The molecule has 1 aromatic rings. The summed E-state index contributed by atoms with van der Waals surface area (Å²) >= 11 is 5.59. The van der Waals surface area contributed by atoms with Crippen LogP contribution in [0.25, 0.3) is 0 Å². The van der Waals surface area contributed by atoms with E-state index >= 15 is 0 Å². The van der Waals surface area contributed by atoms with Crippen molar-refractivity contribution in [1.82, 2.24) is 0 Å². The van der Waals surface area contributed by atoms with Gasteiger partial charge in [0.2, 0.25) is 0 Å². The van der Waals surface area contributed by atoms with E-state index in [9.17, 15) is 4.79 Å². The molecule has 2 unspecified atom stereocenters. The highest BCUT2D eigenvalue weighted by Crippen LogP contribution is 2.17. The van der Waals surface area contributed by atoms with Gasteiger partial charge in [0.05, 0.1) is 6.61 Å². The van der Waals surface area contributed by atoms with Crippen molar-refractivity contribution in [3.8, 4) is 0 Å². The molecule has 0 N–H and O–H groups in total. The Kier molecular flexibility index (Phi) is 5.63. The van der Waals surface area contributed by atoms with Gasteiger partial charge in [-0.2, -0.15) is 0 Å². The summed E-state index contributed by atoms with van der Waals surface area (Å²) in [4.78, 5) is 11.8. The maximum absolute atomic E-state index is 11.8. The molecule has 0 spiro atoms. The Labute approximate surface area is 117 Å². The van der Waals surface area contributed by atoms with Gasteiger partial charge in [-0.1, -0.05) is 30.3 Å². The summed E-state index contributed by atoms with van der Waals surface area (Å²) in [6.45, 7) is 0.506. The molecule has 4 nitrogen and oxygen atoms in total. The zero-order chi connectivity index (χ0) is 13.5. The molecular formula is C14H17ClO4. The first-order valence-electron chi connectivity index (χ1n) is 6.33. The molecule has 0 bridgehead atoms. The Morgan fingerprint density at radius 1 is 1.37 bits per heavy atom. The molecule has 1 aliphatic heterocycles. The largest absolute Gasteiger partial charge is 0.459 e. The Morgan fingerprint density at radius 2 is 2.16 bits per heavy atom. The smallest absolute Gasteiger partial charge is 0.338 e. The molecule has 0 aliphatic carbocycles. The van der Waals surface area contributed by atoms with Gasteiger partial charge in [0, 0.05) is 5.88 Å². The van der Waals surface area contributed by atoms with Crippen LogP contribution in [-0.2, 0) is 25.6 Å². The average Bonchev–Trinajstić information content (AvgIpc) is 2.92. The predicted molar refractivity (Wildman–Crippen MR) is 70.8 cm³/mol. The summed E-state index contributed by atoms with van der Waals surface area (Å²) in [6, 6.07) is 9.53. The monoisotopic (exact) mass is 284 g/mol. The minimum Gasteiger partial charge on any atom is -0.459 e. The fourth-order valence-corrected chi connectivity index (χ4v) is 1.95. The van der Waals surface area contributed by atoms with Gasteiger partial charge in [0.15, 0.2) is 12.4 Å². The molecule has 0 radical (unpaired) electrons. The minimum absolute atomic E-state index is 0.251. The van der Waals surface area contributed by atoms with Crippen molar-refractivity contribution in [2.45, 2.75) is 31.8 Å². The first-order chi connectivity index (χ1) is 9.29. The SMILES string of the molecule is O=C(OCc1ccccc1)C1COC(CCCCl)O1. The summed E-state index contributed by atoms with van der Waals surface area (Å²) in [5, 5.41) is 0. The van der Waals surface area contributed by atoms with E-state index in [-0.39, 0.29) is 25.5 Å². The molecule has 0 amide bonds. The van der Waals surface area contributed by atoms with Crippen LogP contribution in [0, 0.1) is 0 Å². The Morgan fingerprint density at radius 3 is 2.89 bits per heavy atom. The number of hydrogen-bond acceptors (Lipinski definition) is 4. The van der Waals surface area contributed by atoms with Gasteiger partial charge in [-0.05, 0) is 18.4 Å². The highest BCUT2D eigenvalue weighted by molar-refractivity contribution is 6.17. The molecule has 2 rings (SSSR count). The average molecular weight is 285 g/mol. The third kappa shape index (κ3) is 4.49. The number of hydrogen-bond donors (Lipinski definition) is 0. The Bertz CT molecular complexity index is 396. The summed E-state index contributed by atoms with van der Waals surface area (Å²) in [6.07, 6.45) is 0.543. The molecule has 0 aromatic heterocycles. The van der Waals surface area contributed by atoms with Gasteiger partial charge in [-0.25, -0.2) is 4.79 Å². The van der Waals surface area contributed by atoms with Crippen LogP contribution < -0.4 is 0 Å². The first-order valence-corrected chi connectivity index (χ1v) is 6.86. The predicted octanol–water partition coefficient (Wildman–Crippen LogP) is 2.49. The van der Waals surface area contributed by atoms with Crippen LogP contribution in [0.4, 0.5) is 0 Å². The number of alkyl halides is 1. The molecule has 1 heterocycles. The first kappa shape index (κ1) is 14.3. The quantitative estimate of drug-likeness (QED) is 0.595. The maximum Gasteiger partial charge on any atom is 0.338 e. The summed E-state index contributed by atoms with van der Waals surface area (Å²) in [7, 11) is 0. The summed E-state index contributed by atoms with van der Waals surface area (Å²) in [5.41, 5.74) is 0.952. The van der Waals surface area contributed by atoms with Crippen molar-refractivity contribution >= 4 is 17.6 Å². The fourth-order valence-electron chi connectivity index (χ4n) is 1.80. The van der Waals surface area contributed by atoms with Gasteiger partial charge >= 0.3 is 5.97 Å². The molecule has 19 heavy (non-hydrogen) atoms. The number of rotatable bonds is 6. The highest BCUT2D eigenvalue weighted by atomic mass is 35.5. The van der Waals surface area contributed by atoms with Gasteiger partial charge < -0.3 is 14.2 Å². The summed E-state index contributed by atoms with van der Waals surface area (Å²) in [5.74, 6) is 0.184. The van der Waals surface area contributed by atoms with Crippen LogP contribution in [0.5, 0.6) is 0 Å². The number of halogens is 1. The topological polar surface area (TPSA) is 44.8 Å². The van der Waals surface area contributed by atoms with Crippen LogP contribution in [0.3, 0.4) is 0 Å². The van der Waals surface area contributed by atoms with E-state index in [1.54, 1.807) is 0 Å². The number of carbonyl (C=O) groups excluding carboxylic acids is 1. The van der Waals surface area contributed by atoms with Gasteiger partial charge in [0.25, 0.3) is 0 Å². The second-order valence-electron chi connectivity index (χ2n) is 4.31. The van der Waals surface area contributed by atoms with Crippen LogP contribution in [-0.4, -0.2) is 30.9 Å². The van der Waals surface area contributed by atoms with Crippen LogP contribution >= 0.6 is 11.6 Å². The van der Waals surface area contributed by atoms with Crippen molar-refractivity contribution in [2.24, 2.45) is 0 Å². The van der Waals surface area contributed by atoms with E-state index in [2.05, 4.69) is 0 Å². The van der Waals surface area contributed by atoms with Gasteiger partial charge in [-0.3, -0.25) is 0 Å². The lowest BCUT2D eigenvalue weighted by molar-refractivity contribution is -0.158. The van der Waals surface area contributed by atoms with Gasteiger partial charge in [0.1, 0.15) is 6.61 Å². The molecule has 0 saturated carbocycles. The zero-order valence-corrected chi connectivity index (χ0v) is 11.3. The highest BCUT2D eigenvalue weighted by Gasteiger charge is 2.32. The Balaban J connectivity index is 1.72. The molecule has 1 aromatic carbocycles. The molecule has 5 heteroatoms. The normalized spacial score (nSPS) is 22.4. The third-order valence-electron chi connectivity index (χ3n) is 2.81. The standard InChI is InChI=1S/C14H17ClO4/c15-8-4-7-13-17-10-12(19-13)14(16)18-9-11-5-2-1-3-6-11/h1-3,5-6,12-13H,4,7-10H2. The van der Waals surface area contributed by atoms with Crippen molar-refractivity contribution < 1.29 is 19.0 Å². The second kappa shape index (κ2) is 7.48. The lowest BCUT2D eigenvalue weighted by Gasteiger charge is -2.10. The van der Waals surface area contributed by atoms with Crippen molar-refractivity contribution in [3.05, 3.63) is 35.9 Å². The molecular weight excluding hydrogens is 268 g/mol. The van der Waals surface area contributed by atoms with Crippen LogP contribution in [0.15, 0.2) is 30.3 Å². The zero-order valence-electron chi connectivity index (χ0n) is 10.6. The second-order valence-corrected chi connectivity index (χ2v) is 4.69. The molecule has 1 fully saturated rings. The Hall–Kier alpha value is -1.10. The van der Waals surface area contributed by atoms with Gasteiger partial charge in [-0.15, -0.1) is 11.6 Å². The van der Waals surface area contributed by atoms with Crippen LogP contribution in [0.2, 0.25) is 0 Å². The molecule has 2 atom stereocenters. The van der Waals surface area contributed by atoms with E-state index in [1.807, 2.05) is 30.3 Å². The number of carbonyl (C=O) groups is 1. The van der Waals surface area contributed by atoms with Crippen molar-refractivity contribution in [1.29, 1.82) is 0 Å². The maximum atomic E-state index is 11.8. The van der Waals surface area contributed by atoms with E-state index in [0.717, 1.165) is 12.0 Å². The number of esters is 1. The van der Waals surface area contributed by atoms with E-state index < -0.39 is 6.10 Å². The van der Waals surface area contributed by atoms with Crippen LogP contribution in [0.1, 0.15) is 18.4 Å². The molecule has 1 aliphatic rings. The summed E-state index contributed by atoms with van der Waals surface area (Å²) < 4.78 is 16.0.